The van der Waals surface area contributed by atoms with Crippen LogP contribution >= 0.6 is 23.2 Å². The fourth-order valence-corrected chi connectivity index (χ4v) is 3.20. The van der Waals surface area contributed by atoms with Gasteiger partial charge in [0.05, 0.1) is 5.56 Å². The van der Waals surface area contributed by atoms with E-state index in [4.69, 9.17) is 27.9 Å². The van der Waals surface area contributed by atoms with Crippen LogP contribution in [0.4, 0.5) is 0 Å². The number of aromatic nitrogens is 1. The minimum absolute atomic E-state index is 0.111. The first-order valence-corrected chi connectivity index (χ1v) is 9.19. The quantitative estimate of drug-likeness (QED) is 0.600. The zero-order valence-electron chi connectivity index (χ0n) is 14.6. The van der Waals surface area contributed by atoms with Gasteiger partial charge in [0.1, 0.15) is 0 Å². The summed E-state index contributed by atoms with van der Waals surface area (Å²) < 4.78 is 5.05. The Hall–Kier alpha value is -2.83. The number of nitrogens with one attached hydrogen (secondary N) is 2. The van der Waals surface area contributed by atoms with Crippen LogP contribution in [0.1, 0.15) is 15.9 Å². The van der Waals surface area contributed by atoms with Crippen molar-refractivity contribution in [2.45, 2.75) is 6.42 Å². The van der Waals surface area contributed by atoms with Crippen LogP contribution in [0.15, 0.2) is 53.3 Å². The summed E-state index contributed by atoms with van der Waals surface area (Å²) in [6, 6.07) is 13.2. The molecule has 28 heavy (non-hydrogen) atoms. The molecule has 1 amide bonds. The number of rotatable bonds is 6. The first kappa shape index (κ1) is 19.9. The molecule has 0 radical (unpaired) electrons. The number of benzene rings is 2. The molecule has 0 fully saturated rings. The second kappa shape index (κ2) is 8.91. The van der Waals surface area contributed by atoms with Gasteiger partial charge >= 0.3 is 5.97 Å². The number of halogens is 2. The first-order chi connectivity index (χ1) is 13.4. The van der Waals surface area contributed by atoms with Gasteiger partial charge < -0.3 is 15.0 Å². The van der Waals surface area contributed by atoms with Crippen LogP contribution in [-0.4, -0.2) is 30.0 Å². The molecule has 0 saturated heterocycles. The summed E-state index contributed by atoms with van der Waals surface area (Å²) in [7, 11) is 0. The Balaban J connectivity index is 1.55. The summed E-state index contributed by atoms with van der Waals surface area (Å²) >= 11 is 11.9. The maximum Gasteiger partial charge on any atom is 0.339 e. The van der Waals surface area contributed by atoms with Gasteiger partial charge in [-0.15, -0.1) is 0 Å². The third-order valence-corrected chi connectivity index (χ3v) is 4.62. The van der Waals surface area contributed by atoms with Crippen LogP contribution in [0.5, 0.6) is 0 Å². The Morgan fingerprint density at radius 3 is 2.64 bits per heavy atom. The van der Waals surface area contributed by atoms with Crippen LogP contribution < -0.4 is 10.9 Å². The minimum atomic E-state index is -0.738. The fraction of sp³-hybridized carbons (Fsp3) is 0.150. The summed E-state index contributed by atoms with van der Waals surface area (Å²) in [5.74, 6) is -1.19. The smallest absolute Gasteiger partial charge is 0.339 e. The van der Waals surface area contributed by atoms with Gasteiger partial charge in [-0.25, -0.2) is 4.79 Å². The average molecular weight is 419 g/mol. The van der Waals surface area contributed by atoms with Crippen molar-refractivity contribution >= 4 is 46.0 Å². The molecule has 0 aliphatic rings. The van der Waals surface area contributed by atoms with E-state index in [9.17, 15) is 14.4 Å². The van der Waals surface area contributed by atoms with Crippen molar-refractivity contribution in [3.8, 4) is 0 Å². The van der Waals surface area contributed by atoms with Crippen LogP contribution in [0, 0.1) is 0 Å². The number of H-pyrrole nitrogens is 1. The maximum atomic E-state index is 12.3. The zero-order valence-corrected chi connectivity index (χ0v) is 16.1. The molecule has 1 aromatic heterocycles. The maximum absolute atomic E-state index is 12.3. The molecule has 3 aromatic rings. The molecular formula is C20H16Cl2N2O4. The molecule has 0 aliphatic heterocycles. The molecule has 0 saturated carbocycles. The van der Waals surface area contributed by atoms with Gasteiger partial charge in [-0.1, -0.05) is 47.5 Å². The van der Waals surface area contributed by atoms with E-state index in [1.807, 2.05) is 0 Å². The molecule has 6 nitrogen and oxygen atoms in total. The van der Waals surface area contributed by atoms with Crippen molar-refractivity contribution in [3.63, 3.8) is 0 Å². The minimum Gasteiger partial charge on any atom is -0.452 e. The molecule has 0 bridgehead atoms. The largest absolute Gasteiger partial charge is 0.452 e. The molecular weight excluding hydrogens is 403 g/mol. The van der Waals surface area contributed by atoms with Crippen LogP contribution in [0.2, 0.25) is 10.0 Å². The molecule has 1 heterocycles. The van der Waals surface area contributed by atoms with Gasteiger partial charge in [0.15, 0.2) is 6.61 Å². The van der Waals surface area contributed by atoms with Gasteiger partial charge in [0.2, 0.25) is 5.56 Å². The van der Waals surface area contributed by atoms with E-state index >= 15 is 0 Å². The van der Waals surface area contributed by atoms with Gasteiger partial charge in [-0.2, -0.15) is 0 Å². The van der Waals surface area contributed by atoms with E-state index in [0.29, 0.717) is 33.9 Å². The highest BCUT2D eigenvalue weighted by molar-refractivity contribution is 6.35. The van der Waals surface area contributed by atoms with Crippen LogP contribution in [0.3, 0.4) is 0 Å². The summed E-state index contributed by atoms with van der Waals surface area (Å²) in [5, 5.41) is 4.26. The van der Waals surface area contributed by atoms with E-state index in [-0.39, 0.29) is 5.56 Å². The predicted molar refractivity (Wildman–Crippen MR) is 108 cm³/mol. The van der Waals surface area contributed by atoms with Crippen molar-refractivity contribution in [2.24, 2.45) is 0 Å². The first-order valence-electron chi connectivity index (χ1n) is 8.44. The fourth-order valence-electron chi connectivity index (χ4n) is 2.69. The highest BCUT2D eigenvalue weighted by Crippen LogP contribution is 2.21. The molecule has 2 aromatic carbocycles. The Morgan fingerprint density at radius 1 is 1.07 bits per heavy atom. The normalized spacial score (nSPS) is 10.6. The highest BCUT2D eigenvalue weighted by Gasteiger charge is 2.14. The van der Waals surface area contributed by atoms with Crippen molar-refractivity contribution < 1.29 is 14.3 Å². The Labute approximate surface area is 170 Å². The highest BCUT2D eigenvalue weighted by atomic mass is 35.5. The summed E-state index contributed by atoms with van der Waals surface area (Å²) in [4.78, 5) is 38.6. The Morgan fingerprint density at radius 2 is 1.86 bits per heavy atom. The standard InChI is InChI=1S/C20H16Cl2N2O4/c21-13-6-5-12(16(22)9-13)7-8-23-19(26)11-28-20(27)15-10-18(25)24-17-4-2-1-3-14(15)17/h1-6,9-10H,7-8,11H2,(H,23,26)(H,24,25). The number of aromatic amines is 1. The van der Waals surface area contributed by atoms with Gasteiger partial charge in [0.25, 0.3) is 5.91 Å². The SMILES string of the molecule is O=C(COC(=O)c1cc(=O)[nH]c2ccccc12)NCCc1ccc(Cl)cc1Cl. The van der Waals surface area contributed by atoms with E-state index in [1.54, 1.807) is 42.5 Å². The molecule has 0 spiro atoms. The van der Waals surface area contributed by atoms with E-state index < -0.39 is 24.0 Å². The molecule has 144 valence electrons. The molecule has 0 aliphatic carbocycles. The van der Waals surface area contributed by atoms with Gasteiger partial charge in [0, 0.05) is 33.6 Å². The van der Waals surface area contributed by atoms with Crippen molar-refractivity contribution in [2.75, 3.05) is 13.2 Å². The predicted octanol–water partition coefficient (Wildman–Crippen LogP) is 3.35. The third-order valence-electron chi connectivity index (χ3n) is 4.04. The van der Waals surface area contributed by atoms with E-state index in [1.165, 1.54) is 0 Å². The summed E-state index contributed by atoms with van der Waals surface area (Å²) in [6.07, 6.45) is 0.508. The average Bonchev–Trinajstić information content (AvgIpc) is 2.67. The number of carbonyl (C=O) groups excluding carboxylic acids is 2. The molecule has 3 rings (SSSR count). The number of fused-ring (bicyclic) bond motifs is 1. The van der Waals surface area contributed by atoms with E-state index in [2.05, 4.69) is 10.3 Å². The number of amides is 1. The third kappa shape index (κ3) is 4.91. The molecule has 0 unspecified atom stereocenters. The topological polar surface area (TPSA) is 88.3 Å². The second-order valence-electron chi connectivity index (χ2n) is 6.00. The zero-order chi connectivity index (χ0) is 20.1. The summed E-state index contributed by atoms with van der Waals surface area (Å²) in [6.45, 7) is -0.125. The van der Waals surface area contributed by atoms with Crippen molar-refractivity contribution in [1.29, 1.82) is 0 Å². The summed E-state index contributed by atoms with van der Waals surface area (Å²) in [5.41, 5.74) is 1.06. The number of esters is 1. The van der Waals surface area contributed by atoms with Crippen molar-refractivity contribution in [3.05, 3.63) is 80.1 Å². The number of pyridine rings is 1. The monoisotopic (exact) mass is 418 g/mol. The lowest BCUT2D eigenvalue weighted by atomic mass is 10.1. The van der Waals surface area contributed by atoms with Gasteiger partial charge in [-0.3, -0.25) is 9.59 Å². The second-order valence-corrected chi connectivity index (χ2v) is 6.85. The lowest BCUT2D eigenvalue weighted by Crippen LogP contribution is -2.30. The van der Waals surface area contributed by atoms with Crippen LogP contribution in [-0.2, 0) is 16.0 Å². The number of hydrogen-bond acceptors (Lipinski definition) is 4. The van der Waals surface area contributed by atoms with Crippen LogP contribution in [0.25, 0.3) is 10.9 Å². The van der Waals surface area contributed by atoms with E-state index in [0.717, 1.165) is 11.6 Å². The number of carbonyl (C=O) groups is 2. The lowest BCUT2D eigenvalue weighted by molar-refractivity contribution is -0.124. The molecule has 8 heteroatoms. The Kier molecular flexibility index (Phi) is 6.34. The number of ether oxygens (including phenoxy) is 1. The lowest BCUT2D eigenvalue weighted by Gasteiger charge is -2.09. The number of hydrogen-bond donors (Lipinski definition) is 2. The van der Waals surface area contributed by atoms with Crippen molar-refractivity contribution in [1.82, 2.24) is 10.3 Å². The Bertz CT molecular complexity index is 1100. The number of para-hydroxylation sites is 1. The van der Waals surface area contributed by atoms with Gasteiger partial charge in [-0.05, 0) is 30.2 Å². The molecule has 2 N–H and O–H groups in total. The molecule has 0 atom stereocenters.